The highest BCUT2D eigenvalue weighted by Crippen LogP contribution is 2.29. The van der Waals surface area contributed by atoms with E-state index in [-0.39, 0.29) is 17.9 Å². The van der Waals surface area contributed by atoms with E-state index in [0.717, 1.165) is 12.8 Å². The van der Waals surface area contributed by atoms with Crippen molar-refractivity contribution in [2.45, 2.75) is 50.4 Å². The molecule has 0 bridgehead atoms. The predicted octanol–water partition coefficient (Wildman–Crippen LogP) is 4.12. The Morgan fingerprint density at radius 1 is 1.09 bits per heavy atom. The van der Waals surface area contributed by atoms with E-state index in [0.29, 0.717) is 41.3 Å². The number of nitrogens with zero attached hydrogens (tertiary/aromatic N) is 4. The molecule has 0 saturated heterocycles. The molecule has 0 spiro atoms. The topological polar surface area (TPSA) is 105 Å². The number of anilines is 3. The van der Waals surface area contributed by atoms with Crippen LogP contribution in [0.5, 0.6) is 5.75 Å². The highest BCUT2D eigenvalue weighted by molar-refractivity contribution is 5.87. The Morgan fingerprint density at radius 3 is 2.62 bits per heavy atom. The van der Waals surface area contributed by atoms with E-state index in [4.69, 9.17) is 0 Å². The number of aliphatic hydroxyl groups is 1. The molecule has 1 atom stereocenters. The number of hydrogen-bond acceptors (Lipinski definition) is 8. The molecular weight excluding hydrogens is 432 g/mol. The highest BCUT2D eigenvalue weighted by atomic mass is 19.4. The number of aliphatic hydroxyl groups excluding tert-OH is 1. The van der Waals surface area contributed by atoms with Crippen LogP contribution in [0.15, 0.2) is 36.8 Å². The summed E-state index contributed by atoms with van der Waals surface area (Å²) >= 11 is 0. The van der Waals surface area contributed by atoms with E-state index >= 15 is 0 Å². The number of hydrogen-bond donors (Lipinski definition) is 3. The average Bonchev–Trinajstić information content (AvgIpc) is 2.75. The van der Waals surface area contributed by atoms with Crippen molar-refractivity contribution in [3.63, 3.8) is 0 Å². The molecule has 2 heterocycles. The Bertz CT molecular complexity index is 1080. The maximum atomic E-state index is 13.2. The minimum Gasteiger partial charge on any atom is -0.452 e. The lowest BCUT2D eigenvalue weighted by molar-refractivity contribution is -0.236. The average molecular weight is 452 g/mol. The molecule has 3 aromatic rings. The van der Waals surface area contributed by atoms with Gasteiger partial charge < -0.3 is 20.5 Å². The second-order valence-electron chi connectivity index (χ2n) is 7.43. The quantitative estimate of drug-likeness (QED) is 0.480. The maximum Gasteiger partial charge on any atom is 0.457 e. The third-order valence-corrected chi connectivity index (χ3v) is 5.00. The van der Waals surface area contributed by atoms with Crippen LogP contribution in [-0.2, 0) is 0 Å². The predicted molar refractivity (Wildman–Crippen MR) is 108 cm³/mol. The Kier molecular flexibility index (Phi) is 6.21. The first kappa shape index (κ1) is 21.9. The van der Waals surface area contributed by atoms with Gasteiger partial charge in [0.05, 0.1) is 12.3 Å². The second kappa shape index (κ2) is 9.07. The van der Waals surface area contributed by atoms with E-state index in [1.165, 1.54) is 30.7 Å². The van der Waals surface area contributed by atoms with Gasteiger partial charge in [0.15, 0.2) is 5.82 Å². The Labute approximate surface area is 180 Å². The first-order valence-corrected chi connectivity index (χ1v) is 9.95. The lowest BCUT2D eigenvalue weighted by atomic mass is 9.93. The van der Waals surface area contributed by atoms with Crippen molar-refractivity contribution >= 4 is 28.5 Å². The maximum absolute atomic E-state index is 13.2. The molecule has 8 nitrogen and oxygen atoms in total. The molecular formula is C20H20F4N6O2. The third-order valence-electron chi connectivity index (χ3n) is 5.00. The molecule has 12 heteroatoms. The fourth-order valence-corrected chi connectivity index (χ4v) is 3.39. The number of nitrogens with one attached hydrogen (secondary N) is 2. The van der Waals surface area contributed by atoms with Crippen LogP contribution in [0.1, 0.15) is 25.7 Å². The van der Waals surface area contributed by atoms with Gasteiger partial charge >= 0.3 is 12.5 Å². The van der Waals surface area contributed by atoms with E-state index in [1.54, 1.807) is 6.07 Å². The molecule has 0 radical (unpaired) electrons. The molecule has 1 aliphatic carbocycles. The SMILES string of the molecule is OC1CCC(Nc2ncc3ncnc(Nc4cccc(OC(F)C(F)(F)F)c4)c3n2)CC1. The van der Waals surface area contributed by atoms with E-state index in [9.17, 15) is 22.7 Å². The van der Waals surface area contributed by atoms with Crippen molar-refractivity contribution in [2.75, 3.05) is 10.6 Å². The summed E-state index contributed by atoms with van der Waals surface area (Å²) in [6, 6.07) is 5.55. The van der Waals surface area contributed by atoms with Crippen LogP contribution in [0.25, 0.3) is 11.0 Å². The van der Waals surface area contributed by atoms with E-state index < -0.39 is 12.5 Å². The monoisotopic (exact) mass is 452 g/mol. The first-order valence-electron chi connectivity index (χ1n) is 9.95. The van der Waals surface area contributed by atoms with Crippen molar-refractivity contribution < 1.29 is 27.4 Å². The van der Waals surface area contributed by atoms with Gasteiger partial charge in [-0.2, -0.15) is 17.6 Å². The Balaban J connectivity index is 1.53. The van der Waals surface area contributed by atoms with Gasteiger partial charge in [-0.1, -0.05) is 6.07 Å². The van der Waals surface area contributed by atoms with Gasteiger partial charge in [-0.3, -0.25) is 0 Å². The van der Waals surface area contributed by atoms with Crippen LogP contribution >= 0.6 is 0 Å². The summed E-state index contributed by atoms with van der Waals surface area (Å²) in [6.45, 7) is 0. The highest BCUT2D eigenvalue weighted by Gasteiger charge is 2.42. The summed E-state index contributed by atoms with van der Waals surface area (Å²) in [5.74, 6) is 0.373. The summed E-state index contributed by atoms with van der Waals surface area (Å²) < 4.78 is 54.8. The van der Waals surface area contributed by atoms with Crippen molar-refractivity contribution in [3.8, 4) is 5.75 Å². The van der Waals surface area contributed by atoms with Crippen LogP contribution in [-0.4, -0.2) is 49.7 Å². The summed E-state index contributed by atoms with van der Waals surface area (Å²) in [4.78, 5) is 17.0. The molecule has 170 valence electrons. The van der Waals surface area contributed by atoms with Gasteiger partial charge in [-0.25, -0.2) is 19.9 Å². The van der Waals surface area contributed by atoms with Crippen molar-refractivity contribution in [2.24, 2.45) is 0 Å². The smallest absolute Gasteiger partial charge is 0.452 e. The third kappa shape index (κ3) is 5.31. The van der Waals surface area contributed by atoms with Crippen LogP contribution in [0.3, 0.4) is 0 Å². The van der Waals surface area contributed by atoms with Crippen molar-refractivity contribution in [3.05, 3.63) is 36.8 Å². The lowest BCUT2D eigenvalue weighted by Gasteiger charge is -2.26. The van der Waals surface area contributed by atoms with Crippen LogP contribution in [0, 0.1) is 0 Å². The normalized spacial score (nSPS) is 20.0. The molecule has 0 amide bonds. The number of aromatic nitrogens is 4. The number of fused-ring (bicyclic) bond motifs is 1. The van der Waals surface area contributed by atoms with Crippen molar-refractivity contribution in [1.82, 2.24) is 19.9 Å². The minimum absolute atomic E-state index is 0.132. The molecule has 3 N–H and O–H groups in total. The molecule has 1 unspecified atom stereocenters. The van der Waals surface area contributed by atoms with Crippen molar-refractivity contribution in [1.29, 1.82) is 0 Å². The van der Waals surface area contributed by atoms with Gasteiger partial charge in [0.1, 0.15) is 23.1 Å². The number of halogens is 4. The lowest BCUT2D eigenvalue weighted by Crippen LogP contribution is -2.29. The van der Waals surface area contributed by atoms with E-state index in [2.05, 4.69) is 35.3 Å². The molecule has 1 aliphatic rings. The van der Waals surface area contributed by atoms with Crippen LogP contribution in [0.2, 0.25) is 0 Å². The van der Waals surface area contributed by atoms with Crippen LogP contribution in [0.4, 0.5) is 35.0 Å². The Morgan fingerprint density at radius 2 is 1.88 bits per heavy atom. The number of benzene rings is 1. The second-order valence-corrected chi connectivity index (χ2v) is 7.43. The van der Waals surface area contributed by atoms with E-state index in [1.807, 2.05) is 0 Å². The summed E-state index contributed by atoms with van der Waals surface area (Å²) in [5.41, 5.74) is 1.18. The van der Waals surface area contributed by atoms with Gasteiger partial charge in [-0.05, 0) is 37.8 Å². The zero-order valence-electron chi connectivity index (χ0n) is 16.7. The fourth-order valence-electron chi connectivity index (χ4n) is 3.39. The zero-order valence-corrected chi connectivity index (χ0v) is 16.7. The minimum atomic E-state index is -5.12. The summed E-state index contributed by atoms with van der Waals surface area (Å²) in [7, 11) is 0. The Hall–Kier alpha value is -3.28. The molecule has 1 aromatic carbocycles. The summed E-state index contributed by atoms with van der Waals surface area (Å²) in [6.07, 6.45) is -3.02. The molecule has 4 rings (SSSR count). The zero-order chi connectivity index (χ0) is 22.7. The first-order chi connectivity index (χ1) is 15.3. The molecule has 32 heavy (non-hydrogen) atoms. The number of rotatable bonds is 6. The van der Waals surface area contributed by atoms with Crippen LogP contribution < -0.4 is 15.4 Å². The molecule has 0 aliphatic heterocycles. The standard InChI is InChI=1S/C20H20F4N6O2/c21-18(20(22,23)24)32-14-3-1-2-12(8-14)28-17-16-15(26-10-27-17)9-25-19(30-16)29-11-4-6-13(31)7-5-11/h1-3,8-11,13,18,31H,4-7H2,(H,25,29,30)(H,26,27,28). The molecule has 2 aromatic heterocycles. The number of alkyl halides is 4. The van der Waals surface area contributed by atoms with Gasteiger partial charge in [0.25, 0.3) is 0 Å². The van der Waals surface area contributed by atoms with Gasteiger partial charge in [0, 0.05) is 17.8 Å². The van der Waals surface area contributed by atoms with Gasteiger partial charge in [0.2, 0.25) is 5.95 Å². The largest absolute Gasteiger partial charge is 0.457 e. The number of ether oxygens (including phenoxy) is 1. The molecule has 1 saturated carbocycles. The fraction of sp³-hybridized carbons (Fsp3) is 0.400. The van der Waals surface area contributed by atoms with Gasteiger partial charge in [-0.15, -0.1) is 0 Å². The molecule has 1 fully saturated rings. The summed E-state index contributed by atoms with van der Waals surface area (Å²) in [5, 5.41) is 15.8.